The van der Waals surface area contributed by atoms with Crippen molar-refractivity contribution in [2.24, 2.45) is 0 Å². The van der Waals surface area contributed by atoms with Gasteiger partial charge in [-0.25, -0.2) is 0 Å². The van der Waals surface area contributed by atoms with Crippen LogP contribution in [0.2, 0.25) is 5.02 Å². The smallest absolute Gasteiger partial charge is 0.252 e. The molecule has 3 aromatic carbocycles. The van der Waals surface area contributed by atoms with E-state index in [0.717, 1.165) is 0 Å². The molecule has 1 amide bonds. The van der Waals surface area contributed by atoms with Crippen LogP contribution in [-0.2, 0) is 0 Å². The van der Waals surface area contributed by atoms with Gasteiger partial charge in [0, 0.05) is 6.54 Å². The highest BCUT2D eigenvalue weighted by molar-refractivity contribution is 6.33. The Kier molecular flexibility index (Phi) is 5.37. The largest absolute Gasteiger partial charge is 0.350 e. The molecule has 0 heterocycles. The third kappa shape index (κ3) is 3.84. The Morgan fingerprint density at radius 2 is 1.68 bits per heavy atom. The Balaban J connectivity index is 1.85. The molecule has 3 aromatic rings. The number of amides is 1. The van der Waals surface area contributed by atoms with Gasteiger partial charge >= 0.3 is 0 Å². The normalized spacial score (nSPS) is 12.3. The van der Waals surface area contributed by atoms with Crippen LogP contribution in [0.3, 0.4) is 0 Å². The second-order valence-electron chi connectivity index (χ2n) is 6.24. The Labute approximate surface area is 153 Å². The molecule has 0 spiro atoms. The molecule has 1 unspecified atom stereocenters. The van der Waals surface area contributed by atoms with Crippen molar-refractivity contribution in [3.05, 3.63) is 82.9 Å². The molecule has 0 radical (unpaired) electrons. The summed E-state index contributed by atoms with van der Waals surface area (Å²) in [5.74, 6) is -0.155. The van der Waals surface area contributed by atoms with Crippen molar-refractivity contribution < 1.29 is 4.79 Å². The SMILES string of the molecule is CN(C)C(CNC(=O)c1ccccc1Cl)c1cccc2ccccc12. The highest BCUT2D eigenvalue weighted by Gasteiger charge is 2.18. The minimum Gasteiger partial charge on any atom is -0.350 e. The number of hydrogen-bond acceptors (Lipinski definition) is 2. The van der Waals surface area contributed by atoms with E-state index >= 15 is 0 Å². The standard InChI is InChI=1S/C21H21ClN2O/c1-24(2)20(14-23-21(25)18-11-5-6-13-19(18)22)17-12-7-9-15-8-3-4-10-16(15)17/h3-13,20H,14H2,1-2H3,(H,23,25). The fraction of sp³-hybridized carbons (Fsp3) is 0.190. The zero-order chi connectivity index (χ0) is 17.8. The highest BCUT2D eigenvalue weighted by atomic mass is 35.5. The molecule has 4 heteroatoms. The summed E-state index contributed by atoms with van der Waals surface area (Å²) in [6, 6.07) is 21.8. The lowest BCUT2D eigenvalue weighted by Gasteiger charge is -2.26. The summed E-state index contributed by atoms with van der Waals surface area (Å²) in [5, 5.41) is 5.89. The van der Waals surface area contributed by atoms with Gasteiger partial charge in [0.1, 0.15) is 0 Å². The number of nitrogens with zero attached hydrogens (tertiary/aromatic N) is 1. The van der Waals surface area contributed by atoms with Crippen LogP contribution in [0.5, 0.6) is 0 Å². The fourth-order valence-corrected chi connectivity index (χ4v) is 3.26. The van der Waals surface area contributed by atoms with Gasteiger partial charge in [-0.05, 0) is 42.6 Å². The van der Waals surface area contributed by atoms with Crippen molar-refractivity contribution in [1.82, 2.24) is 10.2 Å². The van der Waals surface area contributed by atoms with E-state index in [1.54, 1.807) is 12.1 Å². The van der Waals surface area contributed by atoms with Crippen LogP contribution in [0.4, 0.5) is 0 Å². The highest BCUT2D eigenvalue weighted by Crippen LogP contribution is 2.27. The summed E-state index contributed by atoms with van der Waals surface area (Å²) in [4.78, 5) is 14.6. The molecule has 3 rings (SSSR count). The molecule has 0 saturated heterocycles. The first-order chi connectivity index (χ1) is 12.1. The van der Waals surface area contributed by atoms with Crippen molar-refractivity contribution in [1.29, 1.82) is 0 Å². The van der Waals surface area contributed by atoms with Gasteiger partial charge in [-0.1, -0.05) is 66.2 Å². The van der Waals surface area contributed by atoms with Crippen molar-refractivity contribution in [3.63, 3.8) is 0 Å². The Bertz CT molecular complexity index is 886. The average Bonchev–Trinajstić information content (AvgIpc) is 2.62. The number of nitrogens with one attached hydrogen (secondary N) is 1. The lowest BCUT2D eigenvalue weighted by atomic mass is 9.98. The molecule has 25 heavy (non-hydrogen) atoms. The molecule has 0 fully saturated rings. The van der Waals surface area contributed by atoms with Crippen molar-refractivity contribution >= 4 is 28.3 Å². The molecule has 0 aliphatic carbocycles. The number of carbonyl (C=O) groups excluding carboxylic acids is 1. The minimum absolute atomic E-state index is 0.0672. The van der Waals surface area contributed by atoms with Crippen molar-refractivity contribution in [3.8, 4) is 0 Å². The lowest BCUT2D eigenvalue weighted by Crippen LogP contribution is -2.34. The molecule has 0 saturated carbocycles. The van der Waals surface area contributed by atoms with E-state index in [0.29, 0.717) is 17.1 Å². The zero-order valence-electron chi connectivity index (χ0n) is 14.4. The number of fused-ring (bicyclic) bond motifs is 1. The number of benzene rings is 3. The number of rotatable bonds is 5. The topological polar surface area (TPSA) is 32.3 Å². The van der Waals surface area contributed by atoms with E-state index in [-0.39, 0.29) is 11.9 Å². The molecular formula is C21H21ClN2O. The van der Waals surface area contributed by atoms with E-state index in [9.17, 15) is 4.79 Å². The molecule has 0 bridgehead atoms. The molecule has 1 atom stereocenters. The molecule has 3 nitrogen and oxygen atoms in total. The van der Waals surface area contributed by atoms with Crippen molar-refractivity contribution in [2.75, 3.05) is 20.6 Å². The van der Waals surface area contributed by atoms with Crippen LogP contribution >= 0.6 is 11.6 Å². The summed E-state index contributed by atoms with van der Waals surface area (Å²) >= 11 is 6.12. The van der Waals surface area contributed by atoms with Crippen LogP contribution in [0.15, 0.2) is 66.7 Å². The van der Waals surface area contributed by atoms with Crippen molar-refractivity contribution in [2.45, 2.75) is 6.04 Å². The maximum absolute atomic E-state index is 12.5. The molecule has 128 valence electrons. The van der Waals surface area contributed by atoms with Gasteiger partial charge in [-0.2, -0.15) is 0 Å². The van der Waals surface area contributed by atoms with Gasteiger partial charge in [0.2, 0.25) is 0 Å². The van der Waals surface area contributed by atoms with Gasteiger partial charge in [-0.15, -0.1) is 0 Å². The molecule has 0 aliphatic heterocycles. The Morgan fingerprint density at radius 3 is 2.44 bits per heavy atom. The predicted molar refractivity (Wildman–Crippen MR) is 104 cm³/mol. The summed E-state index contributed by atoms with van der Waals surface area (Å²) in [6.45, 7) is 0.505. The molecule has 0 aliphatic rings. The summed E-state index contributed by atoms with van der Waals surface area (Å²) < 4.78 is 0. The van der Waals surface area contributed by atoms with Crippen LogP contribution in [0.1, 0.15) is 22.0 Å². The van der Waals surface area contributed by atoms with Crippen LogP contribution in [0.25, 0.3) is 10.8 Å². The monoisotopic (exact) mass is 352 g/mol. The van der Waals surface area contributed by atoms with E-state index in [2.05, 4.69) is 40.5 Å². The second kappa shape index (κ2) is 7.68. The second-order valence-corrected chi connectivity index (χ2v) is 6.64. The summed E-state index contributed by atoms with van der Waals surface area (Å²) in [6.07, 6.45) is 0. The molecule has 0 aromatic heterocycles. The quantitative estimate of drug-likeness (QED) is 0.731. The Morgan fingerprint density at radius 1 is 1.00 bits per heavy atom. The number of hydrogen-bond donors (Lipinski definition) is 1. The lowest BCUT2D eigenvalue weighted by molar-refractivity contribution is 0.0942. The number of halogens is 1. The van der Waals surface area contributed by atoms with Gasteiger partial charge in [-0.3, -0.25) is 4.79 Å². The minimum atomic E-state index is -0.155. The van der Waals surface area contributed by atoms with Crippen LogP contribution in [-0.4, -0.2) is 31.4 Å². The first-order valence-electron chi connectivity index (χ1n) is 8.24. The average molecular weight is 353 g/mol. The van der Waals surface area contributed by atoms with Gasteiger partial charge < -0.3 is 10.2 Å². The van der Waals surface area contributed by atoms with Crippen LogP contribution < -0.4 is 5.32 Å². The fourth-order valence-electron chi connectivity index (χ4n) is 3.04. The number of carbonyl (C=O) groups is 1. The third-order valence-electron chi connectivity index (χ3n) is 4.38. The predicted octanol–water partition coefficient (Wildman–Crippen LogP) is 4.53. The van der Waals surface area contributed by atoms with E-state index < -0.39 is 0 Å². The zero-order valence-corrected chi connectivity index (χ0v) is 15.1. The van der Waals surface area contributed by atoms with Gasteiger partial charge in [0.05, 0.1) is 16.6 Å². The summed E-state index contributed by atoms with van der Waals surface area (Å²) in [7, 11) is 4.04. The van der Waals surface area contributed by atoms with Gasteiger partial charge in [0.25, 0.3) is 5.91 Å². The maximum Gasteiger partial charge on any atom is 0.252 e. The molecule has 1 N–H and O–H groups in total. The Hall–Kier alpha value is -2.36. The third-order valence-corrected chi connectivity index (χ3v) is 4.71. The van der Waals surface area contributed by atoms with Crippen LogP contribution in [0, 0.1) is 0 Å². The van der Waals surface area contributed by atoms with E-state index in [1.807, 2.05) is 38.4 Å². The van der Waals surface area contributed by atoms with Gasteiger partial charge in [0.15, 0.2) is 0 Å². The number of likely N-dealkylation sites (N-methyl/N-ethyl adjacent to an activating group) is 1. The molecular weight excluding hydrogens is 332 g/mol. The first kappa shape index (κ1) is 17.5. The summed E-state index contributed by atoms with van der Waals surface area (Å²) in [5.41, 5.74) is 1.70. The van der Waals surface area contributed by atoms with E-state index in [4.69, 9.17) is 11.6 Å². The van der Waals surface area contributed by atoms with E-state index in [1.165, 1.54) is 16.3 Å². The maximum atomic E-state index is 12.5. The first-order valence-corrected chi connectivity index (χ1v) is 8.62.